The number of nitro benzene ring substituents is 1. The molecule has 2 amide bonds. The average Bonchev–Trinajstić information content (AvgIpc) is 2.76. The number of benzene rings is 2. The van der Waals surface area contributed by atoms with Gasteiger partial charge in [0.15, 0.2) is 24.2 Å². The highest BCUT2D eigenvalue weighted by atomic mass is 16.6. The van der Waals surface area contributed by atoms with Crippen LogP contribution in [0.15, 0.2) is 36.4 Å². The van der Waals surface area contributed by atoms with Crippen LogP contribution in [0.4, 0.5) is 17.1 Å². The molecule has 2 aliphatic rings. The number of ether oxygens (including phenoxy) is 2. The molecule has 4 rings (SSSR count). The molecule has 2 atom stereocenters. The number of ketones is 1. The molecule has 0 bridgehead atoms. The third-order valence-electron chi connectivity index (χ3n) is 5.42. The minimum atomic E-state index is -0.925. The van der Waals surface area contributed by atoms with E-state index >= 15 is 0 Å². The highest BCUT2D eigenvalue weighted by molar-refractivity contribution is 6.11. The van der Waals surface area contributed by atoms with Gasteiger partial charge in [-0.1, -0.05) is 13.8 Å². The Morgan fingerprint density at radius 2 is 1.91 bits per heavy atom. The maximum absolute atomic E-state index is 13.3. The molecule has 0 spiro atoms. The fourth-order valence-corrected chi connectivity index (χ4v) is 3.77. The normalized spacial score (nSPS) is 18.1. The molecule has 0 fully saturated rings. The minimum Gasteiger partial charge on any atom is -0.482 e. The summed E-state index contributed by atoms with van der Waals surface area (Å²) >= 11 is 0. The summed E-state index contributed by atoms with van der Waals surface area (Å²) in [5.41, 5.74) is 0.771. The maximum atomic E-state index is 13.3. The number of carbonyl (C=O) groups excluding carboxylic acids is 3. The summed E-state index contributed by atoms with van der Waals surface area (Å²) in [6.45, 7) is 5.07. The lowest BCUT2D eigenvalue weighted by molar-refractivity contribution is -0.384. The Kier molecular flexibility index (Phi) is 5.29. The number of anilines is 2. The third kappa shape index (κ3) is 3.64. The van der Waals surface area contributed by atoms with E-state index in [4.69, 9.17) is 9.47 Å². The lowest BCUT2D eigenvalue weighted by Crippen LogP contribution is -2.54. The highest BCUT2D eigenvalue weighted by Gasteiger charge is 2.41. The molecule has 0 saturated heterocycles. The van der Waals surface area contributed by atoms with Gasteiger partial charge in [-0.2, -0.15) is 0 Å². The van der Waals surface area contributed by atoms with Crippen LogP contribution < -0.4 is 19.7 Å². The van der Waals surface area contributed by atoms with Crippen molar-refractivity contribution in [2.45, 2.75) is 32.9 Å². The van der Waals surface area contributed by atoms with Gasteiger partial charge in [0.25, 0.3) is 17.5 Å². The van der Waals surface area contributed by atoms with E-state index in [2.05, 4.69) is 5.32 Å². The number of nitrogens with zero attached hydrogens (tertiary/aromatic N) is 2. The van der Waals surface area contributed by atoms with E-state index in [9.17, 15) is 24.5 Å². The second-order valence-corrected chi connectivity index (χ2v) is 7.99. The zero-order chi connectivity index (χ0) is 23.2. The van der Waals surface area contributed by atoms with E-state index in [-0.39, 0.29) is 46.9 Å². The van der Waals surface area contributed by atoms with Gasteiger partial charge in [-0.3, -0.25) is 29.4 Å². The number of amides is 2. The largest absolute Gasteiger partial charge is 0.482 e. The molecule has 10 heteroatoms. The molecule has 0 aromatic heterocycles. The Labute approximate surface area is 183 Å². The molecular formula is C22H21N3O7. The van der Waals surface area contributed by atoms with Gasteiger partial charge < -0.3 is 14.8 Å². The molecule has 2 aromatic carbocycles. The molecule has 0 aliphatic carbocycles. The molecule has 0 radical (unpaired) electrons. The number of nitrogens with one attached hydrogen (secondary N) is 1. The lowest BCUT2D eigenvalue weighted by Gasteiger charge is -2.38. The second kappa shape index (κ2) is 7.95. The predicted octanol–water partition coefficient (Wildman–Crippen LogP) is 2.95. The summed E-state index contributed by atoms with van der Waals surface area (Å²) in [6.07, 6.45) is -0.893. The van der Waals surface area contributed by atoms with Gasteiger partial charge in [0.1, 0.15) is 5.75 Å². The van der Waals surface area contributed by atoms with Crippen molar-refractivity contribution in [2.24, 2.45) is 5.92 Å². The van der Waals surface area contributed by atoms with Crippen molar-refractivity contribution < 1.29 is 28.8 Å². The zero-order valence-corrected chi connectivity index (χ0v) is 17.7. The summed E-state index contributed by atoms with van der Waals surface area (Å²) in [4.78, 5) is 50.1. The van der Waals surface area contributed by atoms with Crippen molar-refractivity contribution in [3.05, 3.63) is 52.1 Å². The standard InChI is InChI=1S/C22H21N3O7/c1-11(2)21-22(28)24(16-6-5-14(25(29)30)9-18(16)32-21)12(3)20(27)13-4-7-17-15(8-13)23-19(26)10-31-17/h4-9,11-12,21H,10H2,1-3H3,(H,23,26). The number of Topliss-reactive ketones (excluding diaryl/α,β-unsaturated/α-hetero) is 1. The van der Waals surface area contributed by atoms with Gasteiger partial charge in [-0.25, -0.2) is 0 Å². The van der Waals surface area contributed by atoms with Gasteiger partial charge in [-0.05, 0) is 37.1 Å². The number of rotatable bonds is 5. The van der Waals surface area contributed by atoms with Crippen molar-refractivity contribution in [1.29, 1.82) is 0 Å². The Balaban J connectivity index is 1.72. The molecule has 166 valence electrons. The van der Waals surface area contributed by atoms with Crippen LogP contribution in [-0.4, -0.2) is 41.3 Å². The molecule has 1 N–H and O–H groups in total. The van der Waals surface area contributed by atoms with Crippen LogP contribution in [0, 0.1) is 16.0 Å². The molecule has 2 heterocycles. The van der Waals surface area contributed by atoms with Crippen LogP contribution >= 0.6 is 0 Å². The van der Waals surface area contributed by atoms with Crippen LogP contribution in [-0.2, 0) is 9.59 Å². The van der Waals surface area contributed by atoms with Gasteiger partial charge in [-0.15, -0.1) is 0 Å². The molecule has 2 aromatic rings. The average molecular weight is 439 g/mol. The first-order valence-electron chi connectivity index (χ1n) is 10.1. The summed E-state index contributed by atoms with van der Waals surface area (Å²) < 4.78 is 11.1. The first-order valence-corrected chi connectivity index (χ1v) is 10.1. The highest BCUT2D eigenvalue weighted by Crippen LogP contribution is 2.40. The quantitative estimate of drug-likeness (QED) is 0.431. The van der Waals surface area contributed by atoms with Gasteiger partial charge >= 0.3 is 0 Å². The molecule has 32 heavy (non-hydrogen) atoms. The third-order valence-corrected chi connectivity index (χ3v) is 5.42. The van der Waals surface area contributed by atoms with E-state index < -0.39 is 23.0 Å². The molecule has 2 unspecified atom stereocenters. The van der Waals surface area contributed by atoms with Crippen molar-refractivity contribution >= 4 is 34.7 Å². The lowest BCUT2D eigenvalue weighted by atomic mass is 9.98. The number of hydrogen-bond donors (Lipinski definition) is 1. The van der Waals surface area contributed by atoms with Gasteiger partial charge in [0.05, 0.1) is 28.4 Å². The number of hydrogen-bond acceptors (Lipinski definition) is 7. The van der Waals surface area contributed by atoms with Crippen LogP contribution in [0.25, 0.3) is 0 Å². The molecule has 2 aliphatic heterocycles. The summed E-state index contributed by atoms with van der Waals surface area (Å²) in [6, 6.07) is 7.67. The van der Waals surface area contributed by atoms with E-state index in [1.807, 2.05) is 0 Å². The van der Waals surface area contributed by atoms with Crippen LogP contribution in [0.1, 0.15) is 31.1 Å². The van der Waals surface area contributed by atoms with E-state index in [0.29, 0.717) is 11.4 Å². The maximum Gasteiger partial charge on any atom is 0.273 e. The Morgan fingerprint density at radius 3 is 2.59 bits per heavy atom. The van der Waals surface area contributed by atoms with Crippen molar-refractivity contribution in [3.63, 3.8) is 0 Å². The van der Waals surface area contributed by atoms with E-state index in [1.54, 1.807) is 32.9 Å². The Bertz CT molecular complexity index is 1140. The van der Waals surface area contributed by atoms with Gasteiger partial charge in [0, 0.05) is 11.6 Å². The first kappa shape index (κ1) is 21.3. The smallest absolute Gasteiger partial charge is 0.273 e. The minimum absolute atomic E-state index is 0.0987. The van der Waals surface area contributed by atoms with Crippen molar-refractivity contribution in [1.82, 2.24) is 0 Å². The zero-order valence-electron chi connectivity index (χ0n) is 17.7. The molecular weight excluding hydrogens is 418 g/mol. The second-order valence-electron chi connectivity index (χ2n) is 7.99. The summed E-state index contributed by atoms with van der Waals surface area (Å²) in [5, 5.41) is 13.8. The van der Waals surface area contributed by atoms with Crippen molar-refractivity contribution in [2.75, 3.05) is 16.8 Å². The monoisotopic (exact) mass is 439 g/mol. The molecule has 10 nitrogen and oxygen atoms in total. The Morgan fingerprint density at radius 1 is 1.16 bits per heavy atom. The number of carbonyl (C=O) groups is 3. The summed E-state index contributed by atoms with van der Waals surface area (Å²) in [5.74, 6) is -0.701. The fraction of sp³-hybridized carbons (Fsp3) is 0.318. The number of non-ortho nitro benzene ring substituents is 1. The SMILES string of the molecule is CC(C)C1Oc2cc([N+](=O)[O-])ccc2N(C(C)C(=O)c2ccc3c(c2)NC(=O)CO3)C1=O. The topological polar surface area (TPSA) is 128 Å². The number of nitro groups is 1. The van der Waals surface area contributed by atoms with Crippen LogP contribution in [0.3, 0.4) is 0 Å². The van der Waals surface area contributed by atoms with Gasteiger partial charge in [0.2, 0.25) is 0 Å². The van der Waals surface area contributed by atoms with Crippen molar-refractivity contribution in [3.8, 4) is 11.5 Å². The first-order chi connectivity index (χ1) is 15.2. The van der Waals surface area contributed by atoms with E-state index in [1.165, 1.54) is 29.2 Å². The van der Waals surface area contributed by atoms with Crippen LogP contribution in [0.2, 0.25) is 0 Å². The van der Waals surface area contributed by atoms with Crippen LogP contribution in [0.5, 0.6) is 11.5 Å². The summed E-state index contributed by atoms with van der Waals surface area (Å²) in [7, 11) is 0. The number of fused-ring (bicyclic) bond motifs is 2. The fourth-order valence-electron chi connectivity index (χ4n) is 3.77. The Hall–Kier alpha value is -3.95. The molecule has 0 saturated carbocycles. The van der Waals surface area contributed by atoms with E-state index in [0.717, 1.165) is 0 Å². The predicted molar refractivity (Wildman–Crippen MR) is 114 cm³/mol.